The Hall–Kier alpha value is -7.23. The summed E-state index contributed by atoms with van der Waals surface area (Å²) in [5, 5.41) is 6.95. The van der Waals surface area contributed by atoms with Gasteiger partial charge in [-0.15, -0.1) is 0 Å². The van der Waals surface area contributed by atoms with Crippen LogP contribution in [0.3, 0.4) is 0 Å². The van der Waals surface area contributed by atoms with Crippen molar-refractivity contribution in [1.82, 2.24) is 15.0 Å². The second kappa shape index (κ2) is 13.4. The van der Waals surface area contributed by atoms with Crippen LogP contribution in [-0.4, -0.2) is 15.0 Å². The molecule has 3 heteroatoms. The van der Waals surface area contributed by atoms with Crippen LogP contribution in [0.2, 0.25) is 0 Å². The molecular formula is C51H33N3. The highest BCUT2D eigenvalue weighted by molar-refractivity contribution is 5.93. The lowest BCUT2D eigenvalue weighted by Gasteiger charge is -2.14. The Labute approximate surface area is 313 Å². The van der Waals surface area contributed by atoms with Crippen LogP contribution < -0.4 is 0 Å². The minimum absolute atomic E-state index is 0.645. The standard InChI is InChI=1S/C51H33N3/c1-3-13-36(14-4-1)47-28-27-43(33-48(47)37-15-5-2-6-16-37)41-21-22-42-32-46(26-23-40(42)29-41)51-53-49(44-24-19-34-11-7-9-17-38(34)30-44)52-50(54-51)45-25-20-35-12-8-10-18-39(35)31-45/h1-33H. The first-order valence-corrected chi connectivity index (χ1v) is 18.3. The minimum atomic E-state index is 0.645. The van der Waals surface area contributed by atoms with Crippen molar-refractivity contribution < 1.29 is 0 Å². The Kier molecular flexibility index (Phi) is 7.81. The van der Waals surface area contributed by atoms with Crippen LogP contribution in [0, 0.1) is 0 Å². The number of nitrogens with zero attached hydrogens (tertiary/aromatic N) is 3. The summed E-state index contributed by atoms with van der Waals surface area (Å²) in [5.41, 5.74) is 10.1. The summed E-state index contributed by atoms with van der Waals surface area (Å²) in [6, 6.07) is 70.8. The van der Waals surface area contributed by atoms with Gasteiger partial charge < -0.3 is 0 Å². The highest BCUT2D eigenvalue weighted by atomic mass is 15.0. The maximum Gasteiger partial charge on any atom is 0.164 e. The van der Waals surface area contributed by atoms with Crippen molar-refractivity contribution in [3.63, 3.8) is 0 Å². The van der Waals surface area contributed by atoms with Crippen molar-refractivity contribution in [2.45, 2.75) is 0 Å². The maximum atomic E-state index is 5.09. The summed E-state index contributed by atoms with van der Waals surface area (Å²) in [7, 11) is 0. The van der Waals surface area contributed by atoms with Crippen LogP contribution in [0.1, 0.15) is 0 Å². The molecule has 0 unspecified atom stereocenters. The van der Waals surface area contributed by atoms with Crippen LogP contribution >= 0.6 is 0 Å². The first kappa shape index (κ1) is 31.5. The molecule has 0 saturated heterocycles. The fourth-order valence-corrected chi connectivity index (χ4v) is 7.43. The van der Waals surface area contributed by atoms with Gasteiger partial charge in [-0.1, -0.05) is 170 Å². The normalized spacial score (nSPS) is 11.3. The number of aromatic nitrogens is 3. The first-order valence-electron chi connectivity index (χ1n) is 18.3. The van der Waals surface area contributed by atoms with Gasteiger partial charge in [0.2, 0.25) is 0 Å². The molecule has 0 aliphatic rings. The van der Waals surface area contributed by atoms with Gasteiger partial charge in [0, 0.05) is 16.7 Å². The molecule has 252 valence electrons. The van der Waals surface area contributed by atoms with Gasteiger partial charge in [0.05, 0.1) is 0 Å². The molecule has 0 amide bonds. The molecule has 0 radical (unpaired) electrons. The molecule has 3 nitrogen and oxygen atoms in total. The average Bonchev–Trinajstić information content (AvgIpc) is 3.26. The van der Waals surface area contributed by atoms with E-state index in [1.807, 2.05) is 0 Å². The second-order valence-electron chi connectivity index (χ2n) is 13.7. The van der Waals surface area contributed by atoms with Gasteiger partial charge in [-0.25, -0.2) is 15.0 Å². The Morgan fingerprint density at radius 1 is 0.204 bits per heavy atom. The third-order valence-corrected chi connectivity index (χ3v) is 10.3. The molecule has 10 rings (SSSR count). The van der Waals surface area contributed by atoms with Gasteiger partial charge in [-0.2, -0.15) is 0 Å². The summed E-state index contributed by atoms with van der Waals surface area (Å²) in [4.78, 5) is 15.2. The van der Waals surface area contributed by atoms with Crippen molar-refractivity contribution in [3.05, 3.63) is 200 Å². The van der Waals surface area contributed by atoms with Crippen molar-refractivity contribution in [3.8, 4) is 67.5 Å². The predicted molar refractivity (Wildman–Crippen MR) is 225 cm³/mol. The number of benzene rings is 9. The van der Waals surface area contributed by atoms with Gasteiger partial charge in [0.1, 0.15) is 0 Å². The minimum Gasteiger partial charge on any atom is -0.208 e. The van der Waals surface area contributed by atoms with Gasteiger partial charge in [0.25, 0.3) is 0 Å². The third kappa shape index (κ3) is 5.98. The fourth-order valence-electron chi connectivity index (χ4n) is 7.43. The molecule has 0 N–H and O–H groups in total. The summed E-state index contributed by atoms with van der Waals surface area (Å²) in [6.45, 7) is 0. The zero-order valence-corrected chi connectivity index (χ0v) is 29.4. The number of hydrogen-bond donors (Lipinski definition) is 0. The van der Waals surface area contributed by atoms with Crippen molar-refractivity contribution in [1.29, 1.82) is 0 Å². The van der Waals surface area contributed by atoms with Crippen molar-refractivity contribution >= 4 is 32.3 Å². The molecule has 9 aromatic carbocycles. The summed E-state index contributed by atoms with van der Waals surface area (Å²) >= 11 is 0. The average molecular weight is 688 g/mol. The number of hydrogen-bond acceptors (Lipinski definition) is 3. The smallest absolute Gasteiger partial charge is 0.164 e. The van der Waals surface area contributed by atoms with E-state index in [-0.39, 0.29) is 0 Å². The number of fused-ring (bicyclic) bond motifs is 3. The van der Waals surface area contributed by atoms with E-state index in [1.165, 1.54) is 44.2 Å². The third-order valence-electron chi connectivity index (χ3n) is 10.3. The lowest BCUT2D eigenvalue weighted by atomic mass is 9.90. The zero-order valence-electron chi connectivity index (χ0n) is 29.4. The van der Waals surface area contributed by atoms with Crippen LogP contribution in [0.15, 0.2) is 200 Å². The molecule has 0 aliphatic heterocycles. The summed E-state index contributed by atoms with van der Waals surface area (Å²) < 4.78 is 0. The fraction of sp³-hybridized carbons (Fsp3) is 0. The molecule has 0 bridgehead atoms. The monoisotopic (exact) mass is 687 g/mol. The van der Waals surface area contributed by atoms with E-state index in [2.05, 4.69) is 200 Å². The molecule has 54 heavy (non-hydrogen) atoms. The van der Waals surface area contributed by atoms with Crippen LogP contribution in [-0.2, 0) is 0 Å². The Morgan fingerprint density at radius 2 is 0.537 bits per heavy atom. The Bertz CT molecular complexity index is 2890. The van der Waals surface area contributed by atoms with E-state index >= 15 is 0 Å². The molecule has 0 spiro atoms. The largest absolute Gasteiger partial charge is 0.208 e. The SMILES string of the molecule is c1ccc(-c2ccc(-c3ccc4cc(-c5nc(-c6ccc7ccccc7c6)nc(-c6ccc7ccccc7c6)n5)ccc4c3)cc2-c2ccccc2)cc1. The van der Waals surface area contributed by atoms with E-state index < -0.39 is 0 Å². The van der Waals surface area contributed by atoms with Gasteiger partial charge in [-0.3, -0.25) is 0 Å². The predicted octanol–water partition coefficient (Wildman–Crippen LogP) is 13.3. The molecule has 10 aromatic rings. The highest BCUT2D eigenvalue weighted by Crippen LogP contribution is 2.37. The van der Waals surface area contributed by atoms with E-state index in [0.29, 0.717) is 17.5 Å². The molecular weight excluding hydrogens is 655 g/mol. The Morgan fingerprint density at radius 3 is 1.04 bits per heavy atom. The zero-order chi connectivity index (χ0) is 35.8. The van der Waals surface area contributed by atoms with E-state index in [1.54, 1.807) is 0 Å². The van der Waals surface area contributed by atoms with E-state index in [4.69, 9.17) is 15.0 Å². The lowest BCUT2D eigenvalue weighted by Crippen LogP contribution is -2.00. The van der Waals surface area contributed by atoms with Crippen molar-refractivity contribution in [2.24, 2.45) is 0 Å². The molecule has 0 atom stereocenters. The number of rotatable bonds is 6. The van der Waals surface area contributed by atoms with Gasteiger partial charge in [0.15, 0.2) is 17.5 Å². The molecule has 0 fully saturated rings. The summed E-state index contributed by atoms with van der Waals surface area (Å²) in [6.07, 6.45) is 0. The highest BCUT2D eigenvalue weighted by Gasteiger charge is 2.15. The van der Waals surface area contributed by atoms with Gasteiger partial charge >= 0.3 is 0 Å². The lowest BCUT2D eigenvalue weighted by molar-refractivity contribution is 1.08. The topological polar surface area (TPSA) is 38.7 Å². The van der Waals surface area contributed by atoms with Crippen molar-refractivity contribution in [2.75, 3.05) is 0 Å². The van der Waals surface area contributed by atoms with E-state index in [9.17, 15) is 0 Å². The first-order chi connectivity index (χ1) is 26.7. The maximum absolute atomic E-state index is 5.09. The molecule has 0 saturated carbocycles. The molecule has 1 heterocycles. The van der Waals surface area contributed by atoms with Gasteiger partial charge in [-0.05, 0) is 96.0 Å². The quantitative estimate of drug-likeness (QED) is 0.175. The van der Waals surface area contributed by atoms with Crippen LogP contribution in [0.5, 0.6) is 0 Å². The Balaban J connectivity index is 1.06. The summed E-state index contributed by atoms with van der Waals surface area (Å²) in [5.74, 6) is 1.95. The molecule has 0 aliphatic carbocycles. The van der Waals surface area contributed by atoms with Crippen LogP contribution in [0.25, 0.3) is 99.9 Å². The van der Waals surface area contributed by atoms with E-state index in [0.717, 1.165) is 38.2 Å². The second-order valence-corrected chi connectivity index (χ2v) is 13.7. The molecule has 1 aromatic heterocycles. The van der Waals surface area contributed by atoms with Crippen LogP contribution in [0.4, 0.5) is 0 Å².